The molecule has 4 heteroatoms. The molecule has 0 radical (unpaired) electrons. The average molecular weight is 189 g/mol. The van der Waals surface area contributed by atoms with Crippen molar-refractivity contribution >= 4 is 0 Å². The fourth-order valence-electron chi connectivity index (χ4n) is 1.33. The van der Waals surface area contributed by atoms with Gasteiger partial charge in [-0.2, -0.15) is 0 Å². The highest BCUT2D eigenvalue weighted by molar-refractivity contribution is 4.90. The number of hydrogen-bond donors (Lipinski definition) is 1. The van der Waals surface area contributed by atoms with Crippen LogP contribution in [0.5, 0.6) is 0 Å². The Bertz CT molecular complexity index is 178. The fraction of sp³-hybridized carbons (Fsp3) is 1.00. The van der Waals surface area contributed by atoms with Crippen LogP contribution in [0.2, 0.25) is 0 Å². The maximum atomic E-state index is 5.67. The lowest BCUT2D eigenvalue weighted by molar-refractivity contribution is -0.170. The molecule has 0 aromatic rings. The third-order valence-electron chi connectivity index (χ3n) is 2.56. The number of methoxy groups -OCH3 is 1. The Morgan fingerprint density at radius 3 is 2.54 bits per heavy atom. The van der Waals surface area contributed by atoms with Gasteiger partial charge < -0.3 is 19.9 Å². The Labute approximate surface area is 79.3 Å². The lowest BCUT2D eigenvalue weighted by Crippen LogP contribution is -2.49. The van der Waals surface area contributed by atoms with Gasteiger partial charge in [0.15, 0.2) is 5.79 Å². The van der Waals surface area contributed by atoms with Gasteiger partial charge in [0.25, 0.3) is 0 Å². The molecule has 0 amide bonds. The van der Waals surface area contributed by atoms with Gasteiger partial charge in [0.1, 0.15) is 11.7 Å². The van der Waals surface area contributed by atoms with Gasteiger partial charge in [0, 0.05) is 13.7 Å². The summed E-state index contributed by atoms with van der Waals surface area (Å²) in [4.78, 5) is 0. The van der Waals surface area contributed by atoms with E-state index < -0.39 is 11.4 Å². The van der Waals surface area contributed by atoms with Crippen molar-refractivity contribution in [2.75, 3.05) is 20.3 Å². The van der Waals surface area contributed by atoms with E-state index in [0.29, 0.717) is 13.2 Å². The van der Waals surface area contributed by atoms with Gasteiger partial charge in [-0.25, -0.2) is 0 Å². The van der Waals surface area contributed by atoms with Crippen LogP contribution >= 0.6 is 0 Å². The molecule has 0 aromatic heterocycles. The first-order chi connectivity index (χ1) is 5.93. The van der Waals surface area contributed by atoms with Gasteiger partial charge in [0.05, 0.1) is 6.61 Å². The standard InChI is InChI=1S/C9H19NO3/c1-8(2)12-5-7(13-8)9(3,6-10)11-4/h7H,5-6,10H2,1-4H3. The van der Waals surface area contributed by atoms with Crippen LogP contribution in [0.25, 0.3) is 0 Å². The molecular formula is C9H19NO3. The third-order valence-corrected chi connectivity index (χ3v) is 2.56. The summed E-state index contributed by atoms with van der Waals surface area (Å²) in [6.07, 6.45) is -0.0856. The highest BCUT2D eigenvalue weighted by atomic mass is 16.7. The van der Waals surface area contributed by atoms with Crippen molar-refractivity contribution in [3.8, 4) is 0 Å². The van der Waals surface area contributed by atoms with Crippen LogP contribution in [0.4, 0.5) is 0 Å². The lowest BCUT2D eigenvalue weighted by Gasteiger charge is -2.32. The summed E-state index contributed by atoms with van der Waals surface area (Å²) in [5, 5.41) is 0. The molecule has 0 aliphatic carbocycles. The quantitative estimate of drug-likeness (QED) is 0.702. The minimum Gasteiger partial charge on any atom is -0.374 e. The Morgan fingerprint density at radius 2 is 2.23 bits per heavy atom. The van der Waals surface area contributed by atoms with E-state index in [2.05, 4.69) is 0 Å². The molecule has 1 aliphatic rings. The molecule has 0 bridgehead atoms. The Balaban J connectivity index is 2.63. The summed E-state index contributed by atoms with van der Waals surface area (Å²) < 4.78 is 16.4. The monoisotopic (exact) mass is 189 g/mol. The number of nitrogens with two attached hydrogens (primary N) is 1. The largest absolute Gasteiger partial charge is 0.374 e. The summed E-state index contributed by atoms with van der Waals surface area (Å²) in [5.74, 6) is -0.514. The van der Waals surface area contributed by atoms with Crippen molar-refractivity contribution < 1.29 is 14.2 Å². The van der Waals surface area contributed by atoms with Crippen LogP contribution in [0.1, 0.15) is 20.8 Å². The van der Waals surface area contributed by atoms with Gasteiger partial charge in [-0.1, -0.05) is 0 Å². The van der Waals surface area contributed by atoms with E-state index in [-0.39, 0.29) is 6.10 Å². The van der Waals surface area contributed by atoms with Crippen LogP contribution in [0.15, 0.2) is 0 Å². The van der Waals surface area contributed by atoms with E-state index in [1.807, 2.05) is 20.8 Å². The number of rotatable bonds is 3. The Kier molecular flexibility index (Phi) is 2.97. The average Bonchev–Trinajstić information content (AvgIpc) is 2.45. The van der Waals surface area contributed by atoms with E-state index in [1.54, 1.807) is 7.11 Å². The van der Waals surface area contributed by atoms with Gasteiger partial charge in [-0.3, -0.25) is 0 Å². The highest BCUT2D eigenvalue weighted by Gasteiger charge is 2.43. The predicted octanol–water partition coefficient (Wildman–Crippen LogP) is 0.502. The van der Waals surface area contributed by atoms with Crippen LogP contribution < -0.4 is 5.73 Å². The van der Waals surface area contributed by atoms with Crippen molar-refractivity contribution in [3.63, 3.8) is 0 Å². The molecule has 2 atom stereocenters. The lowest BCUT2D eigenvalue weighted by atomic mass is 10.00. The summed E-state index contributed by atoms with van der Waals surface area (Å²) in [5.41, 5.74) is 5.17. The van der Waals surface area contributed by atoms with Gasteiger partial charge >= 0.3 is 0 Å². The molecule has 0 spiro atoms. The van der Waals surface area contributed by atoms with E-state index in [0.717, 1.165) is 0 Å². The first-order valence-corrected chi connectivity index (χ1v) is 4.50. The van der Waals surface area contributed by atoms with Crippen LogP contribution in [-0.2, 0) is 14.2 Å². The fourth-order valence-corrected chi connectivity index (χ4v) is 1.33. The van der Waals surface area contributed by atoms with Crippen molar-refractivity contribution in [1.29, 1.82) is 0 Å². The number of ether oxygens (including phenoxy) is 3. The zero-order valence-electron chi connectivity index (χ0n) is 8.79. The summed E-state index contributed by atoms with van der Waals surface area (Å²) in [6, 6.07) is 0. The SMILES string of the molecule is COC(C)(CN)C1COC(C)(C)O1. The van der Waals surface area contributed by atoms with Crippen molar-refractivity contribution in [2.45, 2.75) is 38.3 Å². The smallest absolute Gasteiger partial charge is 0.163 e. The summed E-state index contributed by atoms with van der Waals surface area (Å²) in [7, 11) is 1.64. The predicted molar refractivity (Wildman–Crippen MR) is 49.4 cm³/mol. The van der Waals surface area contributed by atoms with Gasteiger partial charge in [-0.05, 0) is 20.8 Å². The summed E-state index contributed by atoms with van der Waals surface area (Å²) in [6.45, 7) is 6.67. The first kappa shape index (κ1) is 10.9. The molecule has 1 aliphatic heterocycles. The zero-order chi connectivity index (χ0) is 10.1. The zero-order valence-corrected chi connectivity index (χ0v) is 8.79. The molecule has 1 heterocycles. The molecule has 1 rings (SSSR count). The molecule has 4 nitrogen and oxygen atoms in total. The molecule has 2 unspecified atom stereocenters. The van der Waals surface area contributed by atoms with Crippen molar-refractivity contribution in [1.82, 2.24) is 0 Å². The minimum atomic E-state index is -0.514. The van der Waals surface area contributed by atoms with Crippen molar-refractivity contribution in [2.24, 2.45) is 5.73 Å². The molecule has 1 fully saturated rings. The second kappa shape index (κ2) is 3.53. The summed E-state index contributed by atoms with van der Waals surface area (Å²) >= 11 is 0. The maximum Gasteiger partial charge on any atom is 0.163 e. The minimum absolute atomic E-state index is 0.0856. The maximum absolute atomic E-state index is 5.67. The highest BCUT2D eigenvalue weighted by Crippen LogP contribution is 2.29. The topological polar surface area (TPSA) is 53.7 Å². The Hall–Kier alpha value is -0.160. The molecule has 2 N–H and O–H groups in total. The van der Waals surface area contributed by atoms with Gasteiger partial charge in [-0.15, -0.1) is 0 Å². The van der Waals surface area contributed by atoms with E-state index in [9.17, 15) is 0 Å². The van der Waals surface area contributed by atoms with Crippen LogP contribution in [-0.4, -0.2) is 37.8 Å². The van der Waals surface area contributed by atoms with Crippen LogP contribution in [0.3, 0.4) is 0 Å². The third kappa shape index (κ3) is 2.20. The first-order valence-electron chi connectivity index (χ1n) is 4.50. The molecule has 13 heavy (non-hydrogen) atoms. The molecule has 0 saturated carbocycles. The molecule has 1 saturated heterocycles. The van der Waals surface area contributed by atoms with E-state index >= 15 is 0 Å². The van der Waals surface area contributed by atoms with E-state index in [4.69, 9.17) is 19.9 Å². The Morgan fingerprint density at radius 1 is 1.62 bits per heavy atom. The molecule has 78 valence electrons. The van der Waals surface area contributed by atoms with Crippen LogP contribution in [0, 0.1) is 0 Å². The van der Waals surface area contributed by atoms with Crippen molar-refractivity contribution in [3.05, 3.63) is 0 Å². The van der Waals surface area contributed by atoms with Gasteiger partial charge in [0.2, 0.25) is 0 Å². The molecule has 0 aromatic carbocycles. The second-order valence-corrected chi connectivity index (χ2v) is 4.04. The van der Waals surface area contributed by atoms with E-state index in [1.165, 1.54) is 0 Å². The normalized spacial score (nSPS) is 31.6. The molecular weight excluding hydrogens is 170 g/mol. The second-order valence-electron chi connectivity index (χ2n) is 4.04. The number of hydrogen-bond acceptors (Lipinski definition) is 4.